The number of likely N-dealkylation sites (N-methyl/N-ethyl adjacent to an activating group) is 1. The number of hydrogen-bond acceptors (Lipinski definition) is 5. The zero-order chi connectivity index (χ0) is 24.0. The smallest absolute Gasteiger partial charge is 0.240 e. The van der Waals surface area contributed by atoms with Gasteiger partial charge in [-0.2, -0.15) is 0 Å². The third-order valence-electron chi connectivity index (χ3n) is 6.82. The van der Waals surface area contributed by atoms with Crippen molar-refractivity contribution in [3.63, 3.8) is 0 Å². The Labute approximate surface area is 199 Å². The van der Waals surface area contributed by atoms with E-state index in [1.165, 1.54) is 0 Å². The number of ether oxygens (including phenoxy) is 1. The number of likely N-dealkylation sites (tertiary alicyclic amines) is 1. The number of aromatic nitrogens is 3. The molecule has 3 heterocycles. The predicted octanol–water partition coefficient (Wildman–Crippen LogP) is 3.26. The molecule has 2 atom stereocenters. The van der Waals surface area contributed by atoms with Gasteiger partial charge < -0.3 is 14.5 Å². The van der Waals surface area contributed by atoms with Gasteiger partial charge in [-0.15, -0.1) is 5.10 Å². The molecule has 2 aliphatic heterocycles. The second kappa shape index (κ2) is 8.36. The molecule has 2 amide bonds. The number of amides is 2. The molecule has 1 aromatic heterocycles. The van der Waals surface area contributed by atoms with Crippen LogP contribution in [-0.4, -0.2) is 52.4 Å². The Morgan fingerprint density at radius 1 is 1.15 bits per heavy atom. The maximum absolute atomic E-state index is 14.2. The molecule has 0 aliphatic carbocycles. The van der Waals surface area contributed by atoms with E-state index in [9.17, 15) is 9.59 Å². The molecular weight excluding hydrogens is 430 g/mol. The molecular formula is C26H29N5O3. The van der Waals surface area contributed by atoms with Gasteiger partial charge in [-0.25, -0.2) is 4.68 Å². The number of fused-ring (bicyclic) bond motifs is 2. The van der Waals surface area contributed by atoms with Crippen molar-refractivity contribution in [3.05, 3.63) is 71.5 Å². The van der Waals surface area contributed by atoms with Crippen molar-refractivity contribution in [2.24, 2.45) is 5.92 Å². The molecule has 1 unspecified atom stereocenters. The molecule has 2 aliphatic rings. The number of rotatable bonds is 6. The first-order valence-electron chi connectivity index (χ1n) is 11.5. The summed E-state index contributed by atoms with van der Waals surface area (Å²) in [5.74, 6) is 0.232. The van der Waals surface area contributed by atoms with E-state index in [1.807, 2.05) is 59.6 Å². The van der Waals surface area contributed by atoms with Gasteiger partial charge in [-0.05, 0) is 35.2 Å². The molecule has 0 saturated carbocycles. The standard InChI is InChI=1S/C26H29N5O3/c1-17(2)14-30-22-11-10-20(31-15-19(16-34-4)27-28-31)12-21(22)26(25(30)33)13-23(32)29(3)24(26)18-8-6-5-7-9-18/h5-12,15,17,24H,13-14,16H2,1-4H3/t24?,26-/m1/s1. The van der Waals surface area contributed by atoms with Crippen molar-refractivity contribution < 1.29 is 14.3 Å². The van der Waals surface area contributed by atoms with Gasteiger partial charge in [-0.1, -0.05) is 49.4 Å². The quantitative estimate of drug-likeness (QED) is 0.565. The summed E-state index contributed by atoms with van der Waals surface area (Å²) in [6.07, 6.45) is 1.96. The zero-order valence-electron chi connectivity index (χ0n) is 19.9. The summed E-state index contributed by atoms with van der Waals surface area (Å²) < 4.78 is 6.86. The molecule has 5 rings (SSSR count). The van der Waals surface area contributed by atoms with Crippen LogP contribution in [0.2, 0.25) is 0 Å². The fraction of sp³-hybridized carbons (Fsp3) is 0.385. The van der Waals surface area contributed by atoms with Crippen LogP contribution in [0.15, 0.2) is 54.7 Å². The van der Waals surface area contributed by atoms with E-state index >= 15 is 0 Å². The first-order chi connectivity index (χ1) is 16.4. The zero-order valence-corrected chi connectivity index (χ0v) is 19.9. The molecule has 0 bridgehead atoms. The minimum Gasteiger partial charge on any atom is -0.378 e. The van der Waals surface area contributed by atoms with E-state index in [-0.39, 0.29) is 30.2 Å². The largest absolute Gasteiger partial charge is 0.378 e. The topological polar surface area (TPSA) is 80.6 Å². The summed E-state index contributed by atoms with van der Waals surface area (Å²) in [6, 6.07) is 15.4. The molecule has 1 fully saturated rings. The molecule has 34 heavy (non-hydrogen) atoms. The van der Waals surface area contributed by atoms with Crippen LogP contribution >= 0.6 is 0 Å². The molecule has 0 N–H and O–H groups in total. The maximum atomic E-state index is 14.2. The van der Waals surface area contributed by atoms with Gasteiger partial charge in [0.25, 0.3) is 0 Å². The van der Waals surface area contributed by atoms with Crippen molar-refractivity contribution in [1.29, 1.82) is 0 Å². The lowest BCUT2D eigenvalue weighted by Crippen LogP contribution is -2.45. The first kappa shape index (κ1) is 22.3. The average Bonchev–Trinajstić information content (AvgIpc) is 3.46. The highest BCUT2D eigenvalue weighted by molar-refractivity contribution is 6.12. The lowest BCUT2D eigenvalue weighted by molar-refractivity contribution is -0.128. The molecule has 1 saturated heterocycles. The van der Waals surface area contributed by atoms with Crippen LogP contribution in [0.5, 0.6) is 0 Å². The van der Waals surface area contributed by atoms with Crippen LogP contribution in [0.3, 0.4) is 0 Å². The lowest BCUT2D eigenvalue weighted by Gasteiger charge is -2.33. The summed E-state index contributed by atoms with van der Waals surface area (Å²) in [4.78, 5) is 31.0. The lowest BCUT2D eigenvalue weighted by atomic mass is 9.72. The summed E-state index contributed by atoms with van der Waals surface area (Å²) in [5.41, 5.74) is 3.20. The minimum absolute atomic E-state index is 0.0152. The van der Waals surface area contributed by atoms with E-state index in [4.69, 9.17) is 4.74 Å². The summed E-state index contributed by atoms with van der Waals surface area (Å²) in [7, 11) is 3.41. The fourth-order valence-electron chi connectivity index (χ4n) is 5.42. The Morgan fingerprint density at radius 3 is 2.62 bits per heavy atom. The number of hydrogen-bond donors (Lipinski definition) is 0. The van der Waals surface area contributed by atoms with Crippen molar-refractivity contribution in [3.8, 4) is 5.69 Å². The van der Waals surface area contributed by atoms with Crippen molar-refractivity contribution in [1.82, 2.24) is 19.9 Å². The van der Waals surface area contributed by atoms with Gasteiger partial charge in [-0.3, -0.25) is 9.59 Å². The van der Waals surface area contributed by atoms with E-state index < -0.39 is 5.41 Å². The van der Waals surface area contributed by atoms with E-state index in [0.717, 1.165) is 22.5 Å². The molecule has 176 valence electrons. The monoisotopic (exact) mass is 459 g/mol. The van der Waals surface area contributed by atoms with Gasteiger partial charge in [0.05, 0.1) is 24.5 Å². The van der Waals surface area contributed by atoms with Crippen LogP contribution in [0.1, 0.15) is 43.1 Å². The van der Waals surface area contributed by atoms with Gasteiger partial charge >= 0.3 is 0 Å². The average molecular weight is 460 g/mol. The SMILES string of the molecule is COCc1cn(-c2ccc3c(c2)[C@@]2(CC(=O)N(C)C2c2ccccc2)C(=O)N3CC(C)C)nn1. The molecule has 8 nitrogen and oxygen atoms in total. The highest BCUT2D eigenvalue weighted by Crippen LogP contribution is 2.57. The number of anilines is 1. The molecule has 3 aromatic rings. The van der Waals surface area contributed by atoms with Crippen LogP contribution < -0.4 is 4.90 Å². The number of methoxy groups -OCH3 is 1. The Bertz CT molecular complexity index is 1240. The molecule has 2 aromatic carbocycles. The number of nitrogens with zero attached hydrogens (tertiary/aromatic N) is 5. The van der Waals surface area contributed by atoms with Crippen LogP contribution in [0, 0.1) is 5.92 Å². The number of benzene rings is 2. The Morgan fingerprint density at radius 2 is 1.91 bits per heavy atom. The fourth-order valence-corrected chi connectivity index (χ4v) is 5.42. The van der Waals surface area contributed by atoms with Crippen LogP contribution in [0.25, 0.3) is 5.69 Å². The summed E-state index contributed by atoms with van der Waals surface area (Å²) in [6.45, 7) is 5.15. The van der Waals surface area contributed by atoms with E-state index in [2.05, 4.69) is 24.2 Å². The van der Waals surface area contributed by atoms with Gasteiger partial charge in [0.15, 0.2) is 0 Å². The van der Waals surface area contributed by atoms with Crippen LogP contribution in [-0.2, 0) is 26.3 Å². The summed E-state index contributed by atoms with van der Waals surface area (Å²) in [5, 5.41) is 8.42. The second-order valence-corrected chi connectivity index (χ2v) is 9.56. The van der Waals surface area contributed by atoms with Crippen molar-refractivity contribution >= 4 is 17.5 Å². The second-order valence-electron chi connectivity index (χ2n) is 9.56. The molecule has 8 heteroatoms. The predicted molar refractivity (Wildman–Crippen MR) is 128 cm³/mol. The highest BCUT2D eigenvalue weighted by Gasteiger charge is 2.62. The normalized spacial score (nSPS) is 21.9. The highest BCUT2D eigenvalue weighted by atomic mass is 16.5. The molecule has 0 radical (unpaired) electrons. The molecule has 1 spiro atoms. The maximum Gasteiger partial charge on any atom is 0.240 e. The Hall–Kier alpha value is -3.52. The van der Waals surface area contributed by atoms with Gasteiger partial charge in [0.1, 0.15) is 11.1 Å². The third-order valence-corrected chi connectivity index (χ3v) is 6.82. The number of carbonyl (C=O) groups is 2. The van der Waals surface area contributed by atoms with E-state index in [1.54, 1.807) is 23.7 Å². The van der Waals surface area contributed by atoms with Crippen molar-refractivity contribution in [2.45, 2.75) is 38.3 Å². The summed E-state index contributed by atoms with van der Waals surface area (Å²) >= 11 is 0. The van der Waals surface area contributed by atoms with Crippen LogP contribution in [0.4, 0.5) is 5.69 Å². The van der Waals surface area contributed by atoms with Crippen molar-refractivity contribution in [2.75, 3.05) is 25.6 Å². The van der Waals surface area contributed by atoms with Gasteiger partial charge in [0.2, 0.25) is 11.8 Å². The van der Waals surface area contributed by atoms with Gasteiger partial charge in [0, 0.05) is 32.8 Å². The van der Waals surface area contributed by atoms with E-state index in [0.29, 0.717) is 18.8 Å². The Balaban J connectivity index is 1.70. The Kier molecular flexibility index (Phi) is 5.48. The first-order valence-corrected chi connectivity index (χ1v) is 11.5. The third kappa shape index (κ3) is 3.32. The number of carbonyl (C=O) groups excluding carboxylic acids is 2. The minimum atomic E-state index is -0.997.